The smallest absolute Gasteiger partial charge is 0.314 e. The highest BCUT2D eigenvalue weighted by atomic mass is 19.1. The number of halogens is 1. The lowest BCUT2D eigenvalue weighted by Crippen LogP contribution is -2.58. The van der Waals surface area contributed by atoms with E-state index in [-0.39, 0.29) is 31.6 Å². The highest BCUT2D eigenvalue weighted by Gasteiger charge is 2.50. The maximum Gasteiger partial charge on any atom is 0.314 e. The number of aliphatic hydroxyl groups excluding tert-OH is 1. The Morgan fingerprint density at radius 2 is 1.93 bits per heavy atom. The standard InChI is InChI=1S/C19H19FN2O5/c20-13-6-4-12(5-7-13)10-19(18(26)27)11-22(9-8-15(19)23)17(25)14-2-1-3-16(24)21-14/h1-7,15,23H,8-11H2,(H,21,24)(H,26,27)/t15-,19-/m1/s1. The van der Waals surface area contributed by atoms with Crippen molar-refractivity contribution in [2.75, 3.05) is 13.1 Å². The predicted octanol–water partition coefficient (Wildman–Crippen LogP) is 1.03. The van der Waals surface area contributed by atoms with Crippen molar-refractivity contribution < 1.29 is 24.2 Å². The number of nitrogens with one attached hydrogen (secondary N) is 1. The second-order valence-electron chi connectivity index (χ2n) is 6.72. The van der Waals surface area contributed by atoms with Gasteiger partial charge in [0.15, 0.2) is 0 Å². The zero-order chi connectivity index (χ0) is 19.6. The van der Waals surface area contributed by atoms with E-state index in [1.165, 1.54) is 47.4 Å². The number of carboxylic acid groups (broad SMARTS) is 1. The second-order valence-corrected chi connectivity index (χ2v) is 6.72. The van der Waals surface area contributed by atoms with Crippen LogP contribution in [0.15, 0.2) is 47.3 Å². The molecule has 1 saturated heterocycles. The molecule has 1 aliphatic heterocycles. The summed E-state index contributed by atoms with van der Waals surface area (Å²) < 4.78 is 13.1. The van der Waals surface area contributed by atoms with Gasteiger partial charge < -0.3 is 20.1 Å². The summed E-state index contributed by atoms with van der Waals surface area (Å²) in [6, 6.07) is 9.51. The molecule has 0 spiro atoms. The van der Waals surface area contributed by atoms with Crippen LogP contribution in [0.2, 0.25) is 0 Å². The van der Waals surface area contributed by atoms with E-state index in [0.29, 0.717) is 5.56 Å². The first-order valence-corrected chi connectivity index (χ1v) is 8.46. The number of aliphatic carboxylic acids is 1. The van der Waals surface area contributed by atoms with E-state index < -0.39 is 34.8 Å². The van der Waals surface area contributed by atoms with Gasteiger partial charge in [-0.05, 0) is 36.6 Å². The molecule has 3 N–H and O–H groups in total. The first-order chi connectivity index (χ1) is 12.8. The SMILES string of the molecule is O=C(c1cccc(=O)[nH]1)N1CC[C@@H](O)[C@](Cc2ccc(F)cc2)(C(=O)O)C1. The molecule has 2 atom stereocenters. The Kier molecular flexibility index (Phi) is 5.09. The number of amides is 1. The lowest BCUT2D eigenvalue weighted by atomic mass is 9.72. The maximum absolute atomic E-state index is 13.1. The van der Waals surface area contributed by atoms with Crippen LogP contribution in [0.3, 0.4) is 0 Å². The number of pyridine rings is 1. The third-order valence-corrected chi connectivity index (χ3v) is 4.93. The molecule has 0 unspecified atom stereocenters. The van der Waals surface area contributed by atoms with Crippen LogP contribution in [-0.2, 0) is 11.2 Å². The molecular formula is C19H19FN2O5. The van der Waals surface area contributed by atoms with Crippen LogP contribution in [0, 0.1) is 11.2 Å². The molecule has 142 valence electrons. The quantitative estimate of drug-likeness (QED) is 0.740. The number of hydrogen-bond donors (Lipinski definition) is 3. The molecule has 0 aliphatic carbocycles. The van der Waals surface area contributed by atoms with E-state index in [4.69, 9.17) is 0 Å². The Morgan fingerprint density at radius 1 is 1.22 bits per heavy atom. The lowest BCUT2D eigenvalue weighted by molar-refractivity contribution is -0.161. The van der Waals surface area contributed by atoms with Gasteiger partial charge in [0.2, 0.25) is 5.56 Å². The minimum absolute atomic E-state index is 0.0555. The van der Waals surface area contributed by atoms with Gasteiger partial charge in [-0.25, -0.2) is 4.39 Å². The first kappa shape index (κ1) is 18.8. The van der Waals surface area contributed by atoms with E-state index in [1.54, 1.807) is 0 Å². The first-order valence-electron chi connectivity index (χ1n) is 8.46. The summed E-state index contributed by atoms with van der Waals surface area (Å²) in [5.41, 5.74) is -1.46. The number of aliphatic hydroxyl groups is 1. The minimum atomic E-state index is -1.62. The van der Waals surface area contributed by atoms with Gasteiger partial charge in [0.1, 0.15) is 16.9 Å². The average molecular weight is 374 g/mol. The number of benzene rings is 1. The average Bonchev–Trinajstić information content (AvgIpc) is 2.64. The monoisotopic (exact) mass is 374 g/mol. The molecule has 0 bridgehead atoms. The Hall–Kier alpha value is -3.00. The molecule has 3 rings (SSSR count). The van der Waals surface area contributed by atoms with Crippen molar-refractivity contribution in [2.24, 2.45) is 5.41 Å². The summed E-state index contributed by atoms with van der Waals surface area (Å²) in [6.45, 7) is -0.0635. The number of aromatic amines is 1. The highest BCUT2D eigenvalue weighted by Crippen LogP contribution is 2.35. The van der Waals surface area contributed by atoms with Crippen molar-refractivity contribution in [2.45, 2.75) is 18.9 Å². The molecule has 0 radical (unpaired) electrons. The normalized spacial score (nSPS) is 22.4. The van der Waals surface area contributed by atoms with E-state index in [2.05, 4.69) is 4.98 Å². The summed E-state index contributed by atoms with van der Waals surface area (Å²) in [6.07, 6.45) is -1.14. The molecule has 0 saturated carbocycles. The number of H-pyrrole nitrogens is 1. The molecule has 2 aromatic rings. The number of hydrogen-bond acceptors (Lipinski definition) is 4. The van der Waals surface area contributed by atoms with Crippen molar-refractivity contribution in [3.05, 3.63) is 69.9 Å². The third kappa shape index (κ3) is 3.75. The highest BCUT2D eigenvalue weighted by molar-refractivity contribution is 5.93. The van der Waals surface area contributed by atoms with Crippen molar-refractivity contribution in [3.63, 3.8) is 0 Å². The van der Waals surface area contributed by atoms with Gasteiger partial charge in [-0.1, -0.05) is 18.2 Å². The zero-order valence-electron chi connectivity index (χ0n) is 14.4. The van der Waals surface area contributed by atoms with Crippen LogP contribution >= 0.6 is 0 Å². The molecule has 1 aromatic carbocycles. The van der Waals surface area contributed by atoms with E-state index in [9.17, 15) is 29.0 Å². The number of carboxylic acids is 1. The topological polar surface area (TPSA) is 111 Å². The van der Waals surface area contributed by atoms with Gasteiger partial charge in [-0.15, -0.1) is 0 Å². The zero-order valence-corrected chi connectivity index (χ0v) is 14.4. The Morgan fingerprint density at radius 3 is 2.56 bits per heavy atom. The summed E-state index contributed by atoms with van der Waals surface area (Å²) in [5.74, 6) is -2.19. The van der Waals surface area contributed by atoms with Crippen LogP contribution in [0.25, 0.3) is 0 Å². The number of carbonyl (C=O) groups excluding carboxylic acids is 1. The summed E-state index contributed by atoms with van der Waals surface area (Å²) in [5, 5.41) is 20.3. The molecule has 1 amide bonds. The Labute approximate surface area is 154 Å². The van der Waals surface area contributed by atoms with Gasteiger partial charge in [0.25, 0.3) is 5.91 Å². The van der Waals surface area contributed by atoms with Crippen molar-refractivity contribution in [3.8, 4) is 0 Å². The molecule has 1 aliphatic rings. The fourth-order valence-electron chi connectivity index (χ4n) is 3.42. The fraction of sp³-hybridized carbons (Fsp3) is 0.316. The molecule has 27 heavy (non-hydrogen) atoms. The Balaban J connectivity index is 1.90. The largest absolute Gasteiger partial charge is 0.481 e. The predicted molar refractivity (Wildman–Crippen MR) is 93.8 cm³/mol. The number of piperidine rings is 1. The van der Waals surface area contributed by atoms with Gasteiger partial charge in [0, 0.05) is 19.2 Å². The number of carbonyl (C=O) groups is 2. The van der Waals surface area contributed by atoms with E-state index in [1.807, 2.05) is 0 Å². The van der Waals surface area contributed by atoms with Crippen LogP contribution in [0.5, 0.6) is 0 Å². The van der Waals surface area contributed by atoms with Crippen LogP contribution in [0.1, 0.15) is 22.5 Å². The van der Waals surface area contributed by atoms with Crippen molar-refractivity contribution in [1.82, 2.24) is 9.88 Å². The van der Waals surface area contributed by atoms with Crippen LogP contribution in [0.4, 0.5) is 4.39 Å². The molecule has 2 heterocycles. The minimum Gasteiger partial charge on any atom is -0.481 e. The van der Waals surface area contributed by atoms with Crippen LogP contribution in [-0.4, -0.2) is 51.2 Å². The molecule has 1 aromatic heterocycles. The van der Waals surface area contributed by atoms with Gasteiger partial charge in [-0.3, -0.25) is 14.4 Å². The van der Waals surface area contributed by atoms with E-state index >= 15 is 0 Å². The van der Waals surface area contributed by atoms with Crippen LogP contribution < -0.4 is 5.56 Å². The number of likely N-dealkylation sites (tertiary alicyclic amines) is 1. The van der Waals surface area contributed by atoms with E-state index in [0.717, 1.165) is 0 Å². The van der Waals surface area contributed by atoms with Crippen molar-refractivity contribution >= 4 is 11.9 Å². The molecule has 7 nitrogen and oxygen atoms in total. The second kappa shape index (κ2) is 7.32. The molecule has 1 fully saturated rings. The molecular weight excluding hydrogens is 355 g/mol. The van der Waals surface area contributed by atoms with Gasteiger partial charge in [0.05, 0.1) is 6.10 Å². The van der Waals surface area contributed by atoms with Crippen molar-refractivity contribution in [1.29, 1.82) is 0 Å². The molecule has 8 heteroatoms. The fourth-order valence-corrected chi connectivity index (χ4v) is 3.42. The summed E-state index contributed by atoms with van der Waals surface area (Å²) in [4.78, 5) is 40.0. The number of nitrogens with zero attached hydrogens (tertiary/aromatic N) is 1. The summed E-state index contributed by atoms with van der Waals surface area (Å²) in [7, 11) is 0. The maximum atomic E-state index is 13.1. The third-order valence-electron chi connectivity index (χ3n) is 4.93. The van der Waals surface area contributed by atoms with Gasteiger partial charge in [-0.2, -0.15) is 0 Å². The Bertz CT molecular complexity index is 911. The lowest BCUT2D eigenvalue weighted by Gasteiger charge is -2.43. The van der Waals surface area contributed by atoms with Gasteiger partial charge >= 0.3 is 5.97 Å². The summed E-state index contributed by atoms with van der Waals surface area (Å²) >= 11 is 0. The number of rotatable bonds is 4. The number of aromatic nitrogens is 1.